The van der Waals surface area contributed by atoms with Gasteiger partial charge < -0.3 is 20.7 Å². The molecule has 1 aromatic rings. The molecule has 0 radical (unpaired) electrons. The predicted octanol–water partition coefficient (Wildman–Crippen LogP) is 2.07. The van der Waals surface area contributed by atoms with Crippen molar-refractivity contribution in [2.45, 2.75) is 32.1 Å². The van der Waals surface area contributed by atoms with Crippen molar-refractivity contribution in [1.29, 1.82) is 0 Å². The van der Waals surface area contributed by atoms with Gasteiger partial charge in [0.2, 0.25) is 11.8 Å². The van der Waals surface area contributed by atoms with Crippen LogP contribution in [0.15, 0.2) is 24.3 Å². The maximum Gasteiger partial charge on any atom is 0.238 e. The topological polar surface area (TPSA) is 82.7 Å². The highest BCUT2D eigenvalue weighted by atomic mass is 16.5. The average Bonchev–Trinajstić information content (AvgIpc) is 2.63. The van der Waals surface area contributed by atoms with Gasteiger partial charge in [-0.15, -0.1) is 0 Å². The van der Waals surface area contributed by atoms with Gasteiger partial charge in [-0.1, -0.05) is 19.3 Å². The number of benzene rings is 1. The van der Waals surface area contributed by atoms with Crippen molar-refractivity contribution < 1.29 is 14.3 Å². The van der Waals surface area contributed by atoms with Gasteiger partial charge in [-0.3, -0.25) is 14.5 Å². The summed E-state index contributed by atoms with van der Waals surface area (Å²) in [5.41, 5.74) is 1.44. The van der Waals surface area contributed by atoms with Gasteiger partial charge in [0, 0.05) is 25.0 Å². The van der Waals surface area contributed by atoms with E-state index in [0.717, 1.165) is 18.8 Å². The van der Waals surface area contributed by atoms with Crippen LogP contribution in [0, 0.1) is 0 Å². The summed E-state index contributed by atoms with van der Waals surface area (Å²) in [6.07, 6.45) is 6.16. The van der Waals surface area contributed by atoms with Crippen LogP contribution in [0.2, 0.25) is 0 Å². The number of methoxy groups -OCH3 is 1. The minimum atomic E-state index is -0.111. The molecule has 1 saturated heterocycles. The predicted molar refractivity (Wildman–Crippen MR) is 108 cm³/mol. The van der Waals surface area contributed by atoms with E-state index in [1.54, 1.807) is 31.4 Å². The second-order valence-corrected chi connectivity index (χ2v) is 6.89. The zero-order valence-corrected chi connectivity index (χ0v) is 16.3. The number of rotatable bonds is 9. The number of carbonyl (C=O) groups is 2. The first kappa shape index (κ1) is 21.3. The Kier molecular flexibility index (Phi) is 9.83. The Morgan fingerprint density at radius 3 is 2.07 bits per heavy atom. The monoisotopic (exact) mass is 376 g/mol. The maximum atomic E-state index is 12.3. The molecule has 27 heavy (non-hydrogen) atoms. The van der Waals surface area contributed by atoms with Crippen molar-refractivity contribution in [3.05, 3.63) is 24.3 Å². The quantitative estimate of drug-likeness (QED) is 0.575. The molecule has 2 amide bonds. The summed E-state index contributed by atoms with van der Waals surface area (Å²) in [7, 11) is 1.62. The Morgan fingerprint density at radius 2 is 1.48 bits per heavy atom. The molecule has 1 aliphatic rings. The van der Waals surface area contributed by atoms with Crippen LogP contribution in [0.1, 0.15) is 32.1 Å². The van der Waals surface area contributed by atoms with Crippen molar-refractivity contribution >= 4 is 23.2 Å². The summed E-state index contributed by atoms with van der Waals surface area (Å²) in [6, 6.07) is 7.19. The van der Waals surface area contributed by atoms with E-state index < -0.39 is 0 Å². The first-order valence-electron chi connectivity index (χ1n) is 9.79. The summed E-state index contributed by atoms with van der Waals surface area (Å²) in [5.74, 6) is -0.102. The van der Waals surface area contributed by atoms with E-state index in [4.69, 9.17) is 4.74 Å². The van der Waals surface area contributed by atoms with Gasteiger partial charge in [0.1, 0.15) is 0 Å². The van der Waals surface area contributed by atoms with Crippen molar-refractivity contribution in [2.24, 2.45) is 0 Å². The van der Waals surface area contributed by atoms with E-state index in [1.807, 2.05) is 0 Å². The fraction of sp³-hybridized carbons (Fsp3) is 0.600. The number of anilines is 2. The van der Waals surface area contributed by atoms with Gasteiger partial charge in [-0.2, -0.15) is 0 Å². The average molecular weight is 377 g/mol. The molecule has 2 rings (SSSR count). The lowest BCUT2D eigenvalue weighted by Crippen LogP contribution is -2.35. The van der Waals surface area contributed by atoms with Gasteiger partial charge >= 0.3 is 0 Å². The van der Waals surface area contributed by atoms with E-state index in [0.29, 0.717) is 25.4 Å². The summed E-state index contributed by atoms with van der Waals surface area (Å²) in [4.78, 5) is 26.3. The molecule has 0 atom stereocenters. The van der Waals surface area contributed by atoms with Crippen LogP contribution in [0.3, 0.4) is 0 Å². The highest BCUT2D eigenvalue weighted by Crippen LogP contribution is 2.14. The molecule has 3 N–H and O–H groups in total. The molecule has 1 aromatic carbocycles. The second-order valence-electron chi connectivity index (χ2n) is 6.89. The fourth-order valence-corrected chi connectivity index (χ4v) is 3.09. The van der Waals surface area contributed by atoms with Crippen LogP contribution < -0.4 is 16.0 Å². The zero-order chi connectivity index (χ0) is 19.3. The second kappa shape index (κ2) is 12.4. The smallest absolute Gasteiger partial charge is 0.238 e. The number of hydrogen-bond acceptors (Lipinski definition) is 5. The molecule has 0 spiro atoms. The highest BCUT2D eigenvalue weighted by Gasteiger charge is 2.12. The lowest BCUT2D eigenvalue weighted by Gasteiger charge is -2.23. The Labute approximate surface area is 161 Å². The van der Waals surface area contributed by atoms with Crippen LogP contribution in [0.25, 0.3) is 0 Å². The van der Waals surface area contributed by atoms with Crippen LogP contribution in [0.4, 0.5) is 11.4 Å². The van der Waals surface area contributed by atoms with E-state index in [9.17, 15) is 9.59 Å². The molecule has 150 valence electrons. The van der Waals surface area contributed by atoms with Crippen LogP contribution in [-0.2, 0) is 14.3 Å². The number of ether oxygens (including phenoxy) is 1. The SMILES string of the molecule is COCCNCC(=O)Nc1ccc(NC(=O)CN2CCCCCCC2)cc1. The van der Waals surface area contributed by atoms with Gasteiger partial charge in [-0.05, 0) is 50.2 Å². The van der Waals surface area contributed by atoms with Crippen molar-refractivity contribution in [2.75, 3.05) is 57.1 Å². The van der Waals surface area contributed by atoms with Crippen molar-refractivity contribution in [1.82, 2.24) is 10.2 Å². The fourth-order valence-electron chi connectivity index (χ4n) is 3.09. The molecular weight excluding hydrogens is 344 g/mol. The molecule has 7 heteroatoms. The third kappa shape index (κ3) is 8.99. The Bertz CT molecular complexity index is 569. The summed E-state index contributed by atoms with van der Waals surface area (Å²) < 4.78 is 4.91. The molecule has 0 aliphatic carbocycles. The van der Waals surface area contributed by atoms with Crippen LogP contribution >= 0.6 is 0 Å². The number of amides is 2. The molecular formula is C20H32N4O3. The first-order chi connectivity index (χ1) is 13.2. The highest BCUT2D eigenvalue weighted by molar-refractivity contribution is 5.94. The summed E-state index contributed by atoms with van der Waals surface area (Å²) in [5, 5.41) is 8.74. The third-order valence-electron chi connectivity index (χ3n) is 4.54. The molecule has 1 heterocycles. The minimum absolute atomic E-state index is 0.00898. The lowest BCUT2D eigenvalue weighted by atomic mass is 10.1. The molecule has 1 aliphatic heterocycles. The van der Waals surface area contributed by atoms with Gasteiger partial charge in [0.05, 0.1) is 19.7 Å². The molecule has 0 bridgehead atoms. The standard InChI is InChI=1S/C20H32N4O3/c1-27-14-11-21-15-19(25)22-17-7-9-18(10-8-17)23-20(26)16-24-12-5-3-2-4-6-13-24/h7-10,21H,2-6,11-16H2,1H3,(H,22,25)(H,23,26). The lowest BCUT2D eigenvalue weighted by molar-refractivity contribution is -0.117. The van der Waals surface area contributed by atoms with Crippen LogP contribution in [0.5, 0.6) is 0 Å². The van der Waals surface area contributed by atoms with E-state index in [-0.39, 0.29) is 18.4 Å². The number of hydrogen-bond donors (Lipinski definition) is 3. The number of likely N-dealkylation sites (tertiary alicyclic amines) is 1. The van der Waals surface area contributed by atoms with Crippen LogP contribution in [-0.4, -0.2) is 63.2 Å². The zero-order valence-electron chi connectivity index (χ0n) is 16.3. The maximum absolute atomic E-state index is 12.3. The first-order valence-corrected chi connectivity index (χ1v) is 9.79. The Hall–Kier alpha value is -1.96. The number of nitrogens with one attached hydrogen (secondary N) is 3. The van der Waals surface area contributed by atoms with Gasteiger partial charge in [-0.25, -0.2) is 0 Å². The van der Waals surface area contributed by atoms with Crippen molar-refractivity contribution in [3.63, 3.8) is 0 Å². The normalized spacial score (nSPS) is 15.6. The molecule has 0 aromatic heterocycles. The minimum Gasteiger partial charge on any atom is -0.383 e. The third-order valence-corrected chi connectivity index (χ3v) is 4.54. The van der Waals surface area contributed by atoms with E-state index >= 15 is 0 Å². The molecule has 1 fully saturated rings. The van der Waals surface area contributed by atoms with Gasteiger partial charge in [0.15, 0.2) is 0 Å². The van der Waals surface area contributed by atoms with E-state index in [1.165, 1.54) is 32.1 Å². The Morgan fingerprint density at radius 1 is 0.926 bits per heavy atom. The summed E-state index contributed by atoms with van der Waals surface area (Å²) in [6.45, 7) is 3.86. The summed E-state index contributed by atoms with van der Waals surface area (Å²) >= 11 is 0. The largest absolute Gasteiger partial charge is 0.383 e. The molecule has 7 nitrogen and oxygen atoms in total. The molecule has 0 unspecified atom stereocenters. The van der Waals surface area contributed by atoms with E-state index in [2.05, 4.69) is 20.9 Å². The number of carbonyl (C=O) groups excluding carboxylic acids is 2. The number of nitrogens with zero attached hydrogens (tertiary/aromatic N) is 1. The van der Waals surface area contributed by atoms with Gasteiger partial charge in [0.25, 0.3) is 0 Å². The van der Waals surface area contributed by atoms with Crippen molar-refractivity contribution in [3.8, 4) is 0 Å². The molecule has 0 saturated carbocycles. The Balaban J connectivity index is 1.72.